The molecule has 1 rings (SSSR count). The van der Waals surface area contributed by atoms with Gasteiger partial charge in [0.15, 0.2) is 5.82 Å². The number of methoxy groups -OCH3 is 1. The molecule has 1 unspecified atom stereocenters. The minimum Gasteiger partial charge on any atom is -0.472 e. The molecule has 20 heavy (non-hydrogen) atoms. The lowest BCUT2D eigenvalue weighted by atomic mass is 10.4. The smallest absolute Gasteiger partial charge is 0.219 e. The van der Waals surface area contributed by atoms with Gasteiger partial charge in [-0.2, -0.15) is 4.98 Å². The first-order chi connectivity index (χ1) is 9.69. The van der Waals surface area contributed by atoms with Crippen LogP contribution in [0.1, 0.15) is 33.0 Å². The molecule has 0 radical (unpaired) electrons. The summed E-state index contributed by atoms with van der Waals surface area (Å²) in [6, 6.07) is 1.80. The van der Waals surface area contributed by atoms with Crippen LogP contribution in [0, 0.1) is 0 Å². The van der Waals surface area contributed by atoms with Gasteiger partial charge in [-0.15, -0.1) is 0 Å². The van der Waals surface area contributed by atoms with Crippen molar-refractivity contribution in [3.63, 3.8) is 0 Å². The van der Waals surface area contributed by atoms with Gasteiger partial charge in [0.25, 0.3) is 0 Å². The van der Waals surface area contributed by atoms with Crippen molar-refractivity contribution in [3.05, 3.63) is 11.9 Å². The Morgan fingerprint density at radius 3 is 2.75 bits per heavy atom. The molecule has 0 saturated carbocycles. The van der Waals surface area contributed by atoms with E-state index in [1.165, 1.54) is 0 Å². The van der Waals surface area contributed by atoms with Crippen LogP contribution in [-0.2, 0) is 16.1 Å². The molecule has 0 aliphatic carbocycles. The minimum atomic E-state index is -0.0612. The number of ether oxygens (including phenoxy) is 3. The maximum absolute atomic E-state index is 5.72. The van der Waals surface area contributed by atoms with Crippen molar-refractivity contribution in [1.29, 1.82) is 0 Å². The molecule has 6 heteroatoms. The Bertz CT molecular complexity index is 362. The highest BCUT2D eigenvalue weighted by molar-refractivity contribution is 5.38. The summed E-state index contributed by atoms with van der Waals surface area (Å²) >= 11 is 0. The molecular weight excluding hydrogens is 258 g/mol. The van der Waals surface area contributed by atoms with E-state index in [2.05, 4.69) is 22.2 Å². The first kappa shape index (κ1) is 16.7. The van der Waals surface area contributed by atoms with Crippen molar-refractivity contribution in [2.24, 2.45) is 0 Å². The maximum atomic E-state index is 5.72. The summed E-state index contributed by atoms with van der Waals surface area (Å²) in [5.74, 6) is 1.92. The highest BCUT2D eigenvalue weighted by Gasteiger charge is 2.09. The summed E-state index contributed by atoms with van der Waals surface area (Å²) in [5, 5.41) is 3.24. The van der Waals surface area contributed by atoms with Gasteiger partial charge in [-0.05, 0) is 20.3 Å². The van der Waals surface area contributed by atoms with E-state index in [1.54, 1.807) is 13.2 Å². The van der Waals surface area contributed by atoms with E-state index in [-0.39, 0.29) is 6.10 Å². The zero-order valence-corrected chi connectivity index (χ0v) is 12.8. The Labute approximate surface area is 120 Å². The molecule has 114 valence electrons. The summed E-state index contributed by atoms with van der Waals surface area (Å²) in [7, 11) is 1.65. The van der Waals surface area contributed by atoms with Crippen molar-refractivity contribution in [3.8, 4) is 5.88 Å². The first-order valence-corrected chi connectivity index (χ1v) is 7.04. The quantitative estimate of drug-likeness (QED) is 0.710. The van der Waals surface area contributed by atoms with Gasteiger partial charge in [0, 0.05) is 26.3 Å². The molecule has 0 fully saturated rings. The number of anilines is 1. The van der Waals surface area contributed by atoms with Gasteiger partial charge in [-0.25, -0.2) is 4.98 Å². The maximum Gasteiger partial charge on any atom is 0.219 e. The first-order valence-electron chi connectivity index (χ1n) is 7.04. The second-order valence-corrected chi connectivity index (χ2v) is 4.46. The number of hydrogen-bond acceptors (Lipinski definition) is 6. The Balaban J connectivity index is 2.78. The molecule has 1 N–H and O–H groups in total. The fourth-order valence-corrected chi connectivity index (χ4v) is 1.61. The van der Waals surface area contributed by atoms with Crippen LogP contribution in [0.5, 0.6) is 5.88 Å². The van der Waals surface area contributed by atoms with Crippen molar-refractivity contribution < 1.29 is 14.2 Å². The van der Waals surface area contributed by atoms with E-state index in [0.717, 1.165) is 18.8 Å². The van der Waals surface area contributed by atoms with Crippen LogP contribution >= 0.6 is 0 Å². The van der Waals surface area contributed by atoms with Gasteiger partial charge in [0.05, 0.1) is 6.61 Å². The molecule has 0 aliphatic heterocycles. The Morgan fingerprint density at radius 2 is 2.10 bits per heavy atom. The van der Waals surface area contributed by atoms with Gasteiger partial charge in [0.2, 0.25) is 5.88 Å². The number of nitrogens with zero attached hydrogens (tertiary/aromatic N) is 2. The van der Waals surface area contributed by atoms with Crippen LogP contribution in [0.4, 0.5) is 5.82 Å². The molecule has 1 aromatic rings. The number of aromatic nitrogens is 2. The monoisotopic (exact) mass is 283 g/mol. The highest BCUT2D eigenvalue weighted by Crippen LogP contribution is 2.16. The van der Waals surface area contributed by atoms with E-state index < -0.39 is 0 Å². The Hall–Kier alpha value is -1.40. The summed E-state index contributed by atoms with van der Waals surface area (Å²) in [6.07, 6.45) is 0.968. The van der Waals surface area contributed by atoms with E-state index in [4.69, 9.17) is 14.2 Å². The third kappa shape index (κ3) is 6.16. The zero-order valence-electron chi connectivity index (χ0n) is 12.8. The van der Waals surface area contributed by atoms with Gasteiger partial charge in [-0.1, -0.05) is 6.92 Å². The summed E-state index contributed by atoms with van der Waals surface area (Å²) in [6.45, 7) is 8.37. The molecule has 1 aromatic heterocycles. The van der Waals surface area contributed by atoms with Gasteiger partial charge in [-0.3, -0.25) is 0 Å². The van der Waals surface area contributed by atoms with Crippen LogP contribution in [0.15, 0.2) is 6.07 Å². The van der Waals surface area contributed by atoms with Crippen molar-refractivity contribution >= 4 is 5.82 Å². The molecule has 6 nitrogen and oxygen atoms in total. The molecule has 0 bridgehead atoms. The number of rotatable bonds is 10. The predicted octanol–water partition coefficient (Wildman–Crippen LogP) is 2.25. The molecule has 1 heterocycles. The van der Waals surface area contributed by atoms with Gasteiger partial charge >= 0.3 is 0 Å². The summed E-state index contributed by atoms with van der Waals surface area (Å²) in [5.41, 5.74) is 0. The molecule has 1 atom stereocenters. The average Bonchev–Trinajstić information content (AvgIpc) is 2.43. The van der Waals surface area contributed by atoms with Crippen LogP contribution in [0.25, 0.3) is 0 Å². The summed E-state index contributed by atoms with van der Waals surface area (Å²) < 4.78 is 16.1. The fourth-order valence-electron chi connectivity index (χ4n) is 1.61. The van der Waals surface area contributed by atoms with Crippen molar-refractivity contribution in [2.45, 2.75) is 39.9 Å². The molecule has 0 amide bonds. The zero-order chi connectivity index (χ0) is 14.8. The SMILES string of the molecule is CCCNc1cc(OC(C)COC)nc(COCC)n1. The number of hydrogen-bond donors (Lipinski definition) is 1. The Morgan fingerprint density at radius 1 is 1.30 bits per heavy atom. The predicted molar refractivity (Wildman–Crippen MR) is 78.1 cm³/mol. The third-order valence-electron chi connectivity index (χ3n) is 2.46. The van der Waals surface area contributed by atoms with Gasteiger partial charge < -0.3 is 19.5 Å². The molecule has 0 saturated heterocycles. The topological polar surface area (TPSA) is 65.5 Å². The Kier molecular flexibility index (Phi) is 7.91. The lowest BCUT2D eigenvalue weighted by Crippen LogP contribution is -2.19. The normalized spacial score (nSPS) is 12.2. The van der Waals surface area contributed by atoms with E-state index in [0.29, 0.717) is 31.5 Å². The van der Waals surface area contributed by atoms with E-state index in [9.17, 15) is 0 Å². The second-order valence-electron chi connectivity index (χ2n) is 4.46. The summed E-state index contributed by atoms with van der Waals surface area (Å²) in [4.78, 5) is 8.75. The molecule has 0 aliphatic rings. The number of nitrogens with one attached hydrogen (secondary N) is 1. The second kappa shape index (κ2) is 9.50. The molecule has 0 aromatic carbocycles. The van der Waals surface area contributed by atoms with Crippen molar-refractivity contribution in [2.75, 3.05) is 32.2 Å². The fraction of sp³-hybridized carbons (Fsp3) is 0.714. The van der Waals surface area contributed by atoms with E-state index in [1.807, 2.05) is 13.8 Å². The lowest BCUT2D eigenvalue weighted by molar-refractivity contribution is 0.0874. The standard InChI is InChI=1S/C14H25N3O3/c1-5-7-15-12-8-14(20-11(3)9-18-4)17-13(16-12)10-19-6-2/h8,11H,5-7,9-10H2,1-4H3,(H,15,16,17). The van der Waals surface area contributed by atoms with Crippen LogP contribution < -0.4 is 10.1 Å². The largest absolute Gasteiger partial charge is 0.472 e. The van der Waals surface area contributed by atoms with Crippen LogP contribution in [0.2, 0.25) is 0 Å². The molecular formula is C14H25N3O3. The van der Waals surface area contributed by atoms with E-state index >= 15 is 0 Å². The van der Waals surface area contributed by atoms with Gasteiger partial charge in [0.1, 0.15) is 18.5 Å². The molecule has 0 spiro atoms. The van der Waals surface area contributed by atoms with Crippen molar-refractivity contribution in [1.82, 2.24) is 9.97 Å². The highest BCUT2D eigenvalue weighted by atomic mass is 16.5. The average molecular weight is 283 g/mol. The third-order valence-corrected chi connectivity index (χ3v) is 2.46. The minimum absolute atomic E-state index is 0.0612. The van der Waals surface area contributed by atoms with Crippen LogP contribution in [-0.4, -0.2) is 42.9 Å². The van der Waals surface area contributed by atoms with Crippen LogP contribution in [0.3, 0.4) is 0 Å². The lowest BCUT2D eigenvalue weighted by Gasteiger charge is -2.15.